The molecule has 1 saturated heterocycles. The molecular weight excluding hydrogens is 342 g/mol. The number of hydrogen-bond donors (Lipinski definition) is 2. The van der Waals surface area contributed by atoms with Gasteiger partial charge in [-0.15, -0.1) is 0 Å². The minimum atomic E-state index is -0.320. The van der Waals surface area contributed by atoms with Crippen molar-refractivity contribution < 1.29 is 19.5 Å². The van der Waals surface area contributed by atoms with Crippen molar-refractivity contribution in [1.82, 2.24) is 5.32 Å². The molecule has 2 atom stereocenters. The van der Waals surface area contributed by atoms with E-state index in [1.807, 2.05) is 30.3 Å². The molecule has 2 N–H and O–H groups in total. The van der Waals surface area contributed by atoms with E-state index in [-0.39, 0.29) is 36.0 Å². The first-order valence-corrected chi connectivity index (χ1v) is 9.12. The molecule has 0 saturated carbocycles. The second-order valence-corrected chi connectivity index (χ2v) is 7.02. The quantitative estimate of drug-likeness (QED) is 0.603. The molecule has 4 rings (SSSR count). The number of piperidine rings is 1. The largest absolute Gasteiger partial charge is 0.384 e. The van der Waals surface area contributed by atoms with Crippen LogP contribution in [0.2, 0.25) is 0 Å². The predicted molar refractivity (Wildman–Crippen MR) is 100 cm³/mol. The maximum Gasteiger partial charge on any atom is 0.230 e. The van der Waals surface area contributed by atoms with Crippen LogP contribution in [0.3, 0.4) is 0 Å². The van der Waals surface area contributed by atoms with Gasteiger partial charge < -0.3 is 5.11 Å². The van der Waals surface area contributed by atoms with Gasteiger partial charge in [0.25, 0.3) is 0 Å². The fourth-order valence-electron chi connectivity index (χ4n) is 4.31. The summed E-state index contributed by atoms with van der Waals surface area (Å²) in [5.74, 6) is 4.75. The highest BCUT2D eigenvalue weighted by Gasteiger charge is 2.37. The van der Waals surface area contributed by atoms with Gasteiger partial charge in [-0.1, -0.05) is 36.1 Å². The lowest BCUT2D eigenvalue weighted by Gasteiger charge is -2.29. The molecule has 5 nitrogen and oxygen atoms in total. The molecule has 0 bridgehead atoms. The second-order valence-electron chi connectivity index (χ2n) is 7.02. The van der Waals surface area contributed by atoms with Gasteiger partial charge in [0, 0.05) is 29.9 Å². The Kier molecular flexibility index (Phi) is 4.51. The topological polar surface area (TPSA) is 83.5 Å². The van der Waals surface area contributed by atoms with Gasteiger partial charge in [0.05, 0.1) is 0 Å². The summed E-state index contributed by atoms with van der Waals surface area (Å²) in [5, 5.41) is 13.2. The van der Waals surface area contributed by atoms with Crippen molar-refractivity contribution in [3.63, 3.8) is 0 Å². The Labute approximate surface area is 156 Å². The van der Waals surface area contributed by atoms with Crippen molar-refractivity contribution in [2.75, 3.05) is 6.61 Å². The molecule has 2 unspecified atom stereocenters. The Hall–Kier alpha value is -2.97. The van der Waals surface area contributed by atoms with Gasteiger partial charge in [0.15, 0.2) is 5.78 Å². The fourth-order valence-corrected chi connectivity index (χ4v) is 4.31. The van der Waals surface area contributed by atoms with Gasteiger partial charge in [-0.05, 0) is 41.2 Å². The van der Waals surface area contributed by atoms with Crippen LogP contribution in [0.1, 0.15) is 53.1 Å². The first kappa shape index (κ1) is 17.4. The minimum absolute atomic E-state index is 0.0592. The number of benzene rings is 2. The zero-order chi connectivity index (χ0) is 19.0. The Morgan fingerprint density at radius 1 is 1.04 bits per heavy atom. The molecule has 2 aliphatic rings. The second kappa shape index (κ2) is 6.98. The molecule has 1 aliphatic carbocycles. The Bertz CT molecular complexity index is 1030. The highest BCUT2D eigenvalue weighted by atomic mass is 16.2. The van der Waals surface area contributed by atoms with E-state index in [1.165, 1.54) is 0 Å². The lowest BCUT2D eigenvalue weighted by molar-refractivity contribution is -0.137. The van der Waals surface area contributed by atoms with E-state index >= 15 is 0 Å². The lowest BCUT2D eigenvalue weighted by atomic mass is 9.77. The van der Waals surface area contributed by atoms with Gasteiger partial charge in [-0.2, -0.15) is 0 Å². The van der Waals surface area contributed by atoms with Crippen LogP contribution in [0.4, 0.5) is 0 Å². The zero-order valence-electron chi connectivity index (χ0n) is 14.7. The molecule has 0 aromatic heterocycles. The molecule has 0 radical (unpaired) electrons. The number of ketones is 1. The number of carbonyl (C=O) groups excluding carboxylic acids is 3. The standard InChI is InChI=1S/C22H19NO4/c24-12-2-3-13-6-7-16-15(17-9-11-20(26)23-22(17)27)8-10-19(25)18-5-1-4-14(13)21(16)18/h1,4-7,15,17,24H,8-12H2,(H,23,26,27). The highest BCUT2D eigenvalue weighted by Crippen LogP contribution is 2.42. The highest BCUT2D eigenvalue weighted by molar-refractivity contribution is 6.11. The molecular formula is C22H19NO4. The molecule has 27 heavy (non-hydrogen) atoms. The van der Waals surface area contributed by atoms with E-state index in [1.54, 1.807) is 0 Å². The predicted octanol–water partition coefficient (Wildman–Crippen LogP) is 2.30. The van der Waals surface area contributed by atoms with Crippen molar-refractivity contribution in [3.8, 4) is 11.8 Å². The first-order valence-electron chi connectivity index (χ1n) is 9.12. The van der Waals surface area contributed by atoms with Gasteiger partial charge in [0.1, 0.15) is 6.61 Å². The molecule has 1 aliphatic heterocycles. The number of hydrogen-bond acceptors (Lipinski definition) is 4. The van der Waals surface area contributed by atoms with Gasteiger partial charge in [0.2, 0.25) is 11.8 Å². The summed E-state index contributed by atoms with van der Waals surface area (Å²) in [4.78, 5) is 36.8. The zero-order valence-corrected chi connectivity index (χ0v) is 14.7. The van der Waals surface area contributed by atoms with E-state index in [9.17, 15) is 14.4 Å². The van der Waals surface area contributed by atoms with Crippen molar-refractivity contribution in [1.29, 1.82) is 0 Å². The van der Waals surface area contributed by atoms with Crippen molar-refractivity contribution in [2.24, 2.45) is 5.92 Å². The molecule has 2 aromatic rings. The summed E-state index contributed by atoms with van der Waals surface area (Å²) in [6.45, 7) is -0.235. The van der Waals surface area contributed by atoms with Crippen LogP contribution in [-0.4, -0.2) is 29.3 Å². The Morgan fingerprint density at radius 2 is 1.85 bits per heavy atom. The Morgan fingerprint density at radius 3 is 2.63 bits per heavy atom. The van der Waals surface area contributed by atoms with Crippen molar-refractivity contribution in [3.05, 3.63) is 47.0 Å². The minimum Gasteiger partial charge on any atom is -0.384 e. The number of nitrogens with one attached hydrogen (secondary N) is 1. The maximum absolute atomic E-state index is 12.7. The van der Waals surface area contributed by atoms with Crippen LogP contribution >= 0.6 is 0 Å². The summed E-state index contributed by atoms with van der Waals surface area (Å²) in [6, 6.07) is 9.42. The van der Waals surface area contributed by atoms with E-state index < -0.39 is 0 Å². The lowest BCUT2D eigenvalue weighted by Crippen LogP contribution is -2.43. The number of Topliss-reactive ketones (excluding diaryl/α,β-unsaturated/α-hetero) is 1. The monoisotopic (exact) mass is 361 g/mol. The smallest absolute Gasteiger partial charge is 0.230 e. The number of amides is 2. The molecule has 0 spiro atoms. The average Bonchev–Trinajstić information content (AvgIpc) is 2.80. The first-order chi connectivity index (χ1) is 13.1. The van der Waals surface area contributed by atoms with Crippen LogP contribution in [0.15, 0.2) is 30.3 Å². The third-order valence-corrected chi connectivity index (χ3v) is 5.52. The van der Waals surface area contributed by atoms with Crippen LogP contribution < -0.4 is 5.32 Å². The normalized spacial score (nSPS) is 22.0. The average molecular weight is 361 g/mol. The van der Waals surface area contributed by atoms with Gasteiger partial charge in [-0.3, -0.25) is 19.7 Å². The maximum atomic E-state index is 12.7. The summed E-state index contributed by atoms with van der Waals surface area (Å²) in [5.41, 5.74) is 2.38. The summed E-state index contributed by atoms with van der Waals surface area (Å²) in [6.07, 6.45) is 1.77. The number of aliphatic hydroxyl groups is 1. The summed E-state index contributed by atoms with van der Waals surface area (Å²) in [7, 11) is 0. The van der Waals surface area contributed by atoms with Crippen LogP contribution in [0.5, 0.6) is 0 Å². The number of imide groups is 1. The van der Waals surface area contributed by atoms with Gasteiger partial charge >= 0.3 is 0 Å². The van der Waals surface area contributed by atoms with Crippen LogP contribution in [0.25, 0.3) is 10.8 Å². The third-order valence-electron chi connectivity index (χ3n) is 5.52. The van der Waals surface area contributed by atoms with E-state index in [0.29, 0.717) is 31.2 Å². The molecule has 2 aromatic carbocycles. The molecule has 5 heteroatoms. The van der Waals surface area contributed by atoms with E-state index in [2.05, 4.69) is 17.2 Å². The molecule has 136 valence electrons. The third kappa shape index (κ3) is 3.02. The number of carbonyl (C=O) groups is 3. The molecule has 2 amide bonds. The van der Waals surface area contributed by atoms with Gasteiger partial charge in [-0.25, -0.2) is 0 Å². The fraction of sp³-hybridized carbons (Fsp3) is 0.318. The molecule has 1 heterocycles. The summed E-state index contributed by atoms with van der Waals surface area (Å²) >= 11 is 0. The van der Waals surface area contributed by atoms with Crippen LogP contribution in [0, 0.1) is 17.8 Å². The number of aliphatic hydroxyl groups excluding tert-OH is 1. The summed E-state index contributed by atoms with van der Waals surface area (Å²) < 4.78 is 0. The Balaban J connectivity index is 1.91. The van der Waals surface area contributed by atoms with Crippen LogP contribution in [-0.2, 0) is 9.59 Å². The SMILES string of the molecule is O=C1CCC(C2CCC(=O)c3cccc4c(C#CCO)ccc2c34)C(=O)N1. The number of rotatable bonds is 1. The van der Waals surface area contributed by atoms with Crippen molar-refractivity contribution >= 4 is 28.4 Å². The van der Waals surface area contributed by atoms with E-state index in [4.69, 9.17) is 5.11 Å². The van der Waals surface area contributed by atoms with E-state index in [0.717, 1.165) is 21.9 Å². The van der Waals surface area contributed by atoms with Crippen molar-refractivity contribution in [2.45, 2.75) is 31.6 Å². The molecule has 1 fully saturated rings.